The molecule has 3 heterocycles. The molecule has 9 heteroatoms. The van der Waals surface area contributed by atoms with Crippen LogP contribution in [0.4, 0.5) is 5.13 Å². The molecule has 0 fully saturated rings. The van der Waals surface area contributed by atoms with Crippen molar-refractivity contribution in [3.63, 3.8) is 0 Å². The number of hydrogen-bond donors (Lipinski definition) is 1. The van der Waals surface area contributed by atoms with Gasteiger partial charge >= 0.3 is 0 Å². The molecule has 4 rings (SSSR count). The van der Waals surface area contributed by atoms with Crippen LogP contribution in [0.15, 0.2) is 45.7 Å². The predicted octanol–water partition coefficient (Wildman–Crippen LogP) is 4.45. The number of rotatable bonds is 6. The van der Waals surface area contributed by atoms with E-state index in [0.717, 1.165) is 10.2 Å². The lowest BCUT2D eigenvalue weighted by molar-refractivity contribution is -0.113. The van der Waals surface area contributed by atoms with E-state index < -0.39 is 0 Å². The maximum Gasteiger partial charge on any atom is 0.272 e. The Morgan fingerprint density at radius 1 is 1.21 bits per heavy atom. The lowest BCUT2D eigenvalue weighted by atomic mass is 10.2. The summed E-state index contributed by atoms with van der Waals surface area (Å²) in [7, 11) is 0. The van der Waals surface area contributed by atoms with Crippen LogP contribution in [0.3, 0.4) is 0 Å². The molecule has 0 aliphatic carbocycles. The first-order valence-electron chi connectivity index (χ1n) is 8.77. The van der Waals surface area contributed by atoms with Crippen LogP contribution >= 0.6 is 34.4 Å². The monoisotopic (exact) mass is 430 g/mol. The Labute approximate surface area is 173 Å². The van der Waals surface area contributed by atoms with Gasteiger partial charge in [-0.1, -0.05) is 49.1 Å². The van der Waals surface area contributed by atoms with E-state index in [2.05, 4.69) is 29.1 Å². The van der Waals surface area contributed by atoms with Crippen molar-refractivity contribution in [3.8, 4) is 0 Å². The highest BCUT2D eigenvalue weighted by Gasteiger charge is 2.15. The van der Waals surface area contributed by atoms with Gasteiger partial charge in [0, 0.05) is 6.54 Å². The molecule has 144 valence electrons. The Bertz CT molecular complexity index is 1180. The summed E-state index contributed by atoms with van der Waals surface area (Å²) in [6.07, 6.45) is 0. The number of thioether (sulfide) groups is 1. The molecule has 1 aromatic carbocycles. The van der Waals surface area contributed by atoms with Gasteiger partial charge < -0.3 is 5.32 Å². The summed E-state index contributed by atoms with van der Waals surface area (Å²) in [6, 6.07) is 9.60. The van der Waals surface area contributed by atoms with Gasteiger partial charge in [0.05, 0.1) is 21.5 Å². The number of fused-ring (bicyclic) bond motifs is 2. The van der Waals surface area contributed by atoms with Crippen molar-refractivity contribution >= 4 is 65.9 Å². The summed E-state index contributed by atoms with van der Waals surface area (Å²) in [6.45, 7) is 4.68. The Hall–Kier alpha value is -2.23. The Balaban J connectivity index is 1.52. The first-order valence-corrected chi connectivity index (χ1v) is 11.5. The third-order valence-corrected chi connectivity index (χ3v) is 6.77. The molecule has 3 aromatic heterocycles. The average Bonchev–Trinajstić information content (AvgIpc) is 3.28. The third kappa shape index (κ3) is 3.96. The van der Waals surface area contributed by atoms with E-state index in [4.69, 9.17) is 0 Å². The van der Waals surface area contributed by atoms with Gasteiger partial charge in [-0.15, -0.1) is 11.3 Å². The Morgan fingerprint density at radius 3 is 2.82 bits per heavy atom. The standard InChI is InChI=1S/C19H18N4O2S3/c1-11(2)9-23-17(25)16-13(7-8-26-16)21-19(23)27-10-15(24)22-18-20-12-5-3-4-6-14(12)28-18/h3-8,11H,9-10H2,1-2H3,(H,20,22,24). The second kappa shape index (κ2) is 8.02. The molecule has 0 spiro atoms. The topological polar surface area (TPSA) is 76.9 Å². The van der Waals surface area contributed by atoms with Gasteiger partial charge in [0.25, 0.3) is 5.56 Å². The molecule has 28 heavy (non-hydrogen) atoms. The van der Waals surface area contributed by atoms with Gasteiger partial charge in [-0.25, -0.2) is 9.97 Å². The largest absolute Gasteiger partial charge is 0.301 e. The number of thiophene rings is 1. The van der Waals surface area contributed by atoms with Crippen LogP contribution in [0.2, 0.25) is 0 Å². The molecule has 0 aliphatic heterocycles. The number of carbonyl (C=O) groups excluding carboxylic acids is 1. The van der Waals surface area contributed by atoms with E-state index in [0.29, 0.717) is 33.0 Å². The molecule has 0 saturated heterocycles. The van der Waals surface area contributed by atoms with E-state index in [-0.39, 0.29) is 17.2 Å². The molecule has 6 nitrogen and oxygen atoms in total. The minimum atomic E-state index is -0.167. The summed E-state index contributed by atoms with van der Waals surface area (Å²) in [5.41, 5.74) is 1.51. The number of para-hydroxylation sites is 1. The normalized spacial score (nSPS) is 11.5. The van der Waals surface area contributed by atoms with Gasteiger partial charge in [-0.05, 0) is 29.5 Å². The van der Waals surface area contributed by atoms with Crippen molar-refractivity contribution in [3.05, 3.63) is 46.1 Å². The highest BCUT2D eigenvalue weighted by Crippen LogP contribution is 2.26. The summed E-state index contributed by atoms with van der Waals surface area (Å²) in [4.78, 5) is 34.2. The first kappa shape index (κ1) is 19.1. The molecule has 0 bridgehead atoms. The second-order valence-electron chi connectivity index (χ2n) is 6.66. The first-order chi connectivity index (χ1) is 13.5. The number of benzene rings is 1. The fourth-order valence-electron chi connectivity index (χ4n) is 2.77. The molecular formula is C19H18N4O2S3. The third-order valence-electron chi connectivity index (χ3n) is 3.95. The van der Waals surface area contributed by atoms with Crippen molar-refractivity contribution in [2.45, 2.75) is 25.5 Å². The van der Waals surface area contributed by atoms with Crippen molar-refractivity contribution < 1.29 is 4.79 Å². The molecule has 0 aliphatic rings. The van der Waals surface area contributed by atoms with Crippen LogP contribution in [-0.4, -0.2) is 26.2 Å². The Morgan fingerprint density at radius 2 is 2.04 bits per heavy atom. The summed E-state index contributed by atoms with van der Waals surface area (Å²) in [5.74, 6) is 0.295. The molecular weight excluding hydrogens is 412 g/mol. The average molecular weight is 431 g/mol. The molecule has 1 N–H and O–H groups in total. The van der Waals surface area contributed by atoms with Crippen LogP contribution in [0.25, 0.3) is 20.4 Å². The maximum atomic E-state index is 12.8. The van der Waals surface area contributed by atoms with Crippen LogP contribution in [0, 0.1) is 5.92 Å². The minimum Gasteiger partial charge on any atom is -0.301 e. The maximum absolute atomic E-state index is 12.8. The van der Waals surface area contributed by atoms with Gasteiger partial charge in [0.1, 0.15) is 4.70 Å². The van der Waals surface area contributed by atoms with Crippen LogP contribution in [-0.2, 0) is 11.3 Å². The number of nitrogens with one attached hydrogen (secondary N) is 1. The smallest absolute Gasteiger partial charge is 0.272 e. The van der Waals surface area contributed by atoms with Gasteiger partial charge in [0.15, 0.2) is 10.3 Å². The summed E-state index contributed by atoms with van der Waals surface area (Å²) >= 11 is 4.12. The van der Waals surface area contributed by atoms with Crippen LogP contribution in [0.1, 0.15) is 13.8 Å². The van der Waals surface area contributed by atoms with Crippen molar-refractivity contribution in [2.75, 3.05) is 11.1 Å². The van der Waals surface area contributed by atoms with Crippen molar-refractivity contribution in [2.24, 2.45) is 5.92 Å². The highest BCUT2D eigenvalue weighted by molar-refractivity contribution is 7.99. The number of anilines is 1. The minimum absolute atomic E-state index is 0.0391. The zero-order chi connectivity index (χ0) is 19.7. The molecule has 1 amide bonds. The number of carbonyl (C=O) groups is 1. The van der Waals surface area contributed by atoms with Crippen LogP contribution in [0.5, 0.6) is 0 Å². The quantitative estimate of drug-likeness (QED) is 0.361. The lowest BCUT2D eigenvalue weighted by Gasteiger charge is -2.13. The summed E-state index contributed by atoms with van der Waals surface area (Å²) < 4.78 is 3.36. The molecule has 0 unspecified atom stereocenters. The number of nitrogens with zero attached hydrogens (tertiary/aromatic N) is 3. The van der Waals surface area contributed by atoms with E-state index >= 15 is 0 Å². The van der Waals surface area contributed by atoms with Crippen LogP contribution < -0.4 is 10.9 Å². The van der Waals surface area contributed by atoms with Crippen molar-refractivity contribution in [1.29, 1.82) is 0 Å². The van der Waals surface area contributed by atoms with E-state index in [9.17, 15) is 9.59 Å². The lowest BCUT2D eigenvalue weighted by Crippen LogP contribution is -2.25. The summed E-state index contributed by atoms with van der Waals surface area (Å²) in [5, 5.41) is 5.86. The number of hydrogen-bond acceptors (Lipinski definition) is 7. The van der Waals surface area contributed by atoms with Gasteiger partial charge in [-0.2, -0.15) is 0 Å². The zero-order valence-electron chi connectivity index (χ0n) is 15.3. The SMILES string of the molecule is CC(C)Cn1c(SCC(=O)Nc2nc3ccccc3s2)nc2ccsc2c1=O. The van der Waals surface area contributed by atoms with E-state index in [1.165, 1.54) is 34.4 Å². The number of aromatic nitrogens is 3. The predicted molar refractivity (Wildman–Crippen MR) is 118 cm³/mol. The highest BCUT2D eigenvalue weighted by atomic mass is 32.2. The van der Waals surface area contributed by atoms with Gasteiger partial charge in [-0.3, -0.25) is 14.2 Å². The molecule has 0 atom stereocenters. The Kier molecular flexibility index (Phi) is 5.47. The molecule has 4 aromatic rings. The number of thiazole rings is 1. The van der Waals surface area contributed by atoms with E-state index in [1.807, 2.05) is 35.7 Å². The fourth-order valence-corrected chi connectivity index (χ4v) is 5.24. The van der Waals surface area contributed by atoms with E-state index in [1.54, 1.807) is 4.57 Å². The second-order valence-corrected chi connectivity index (χ2v) is 9.55. The zero-order valence-corrected chi connectivity index (χ0v) is 17.8. The van der Waals surface area contributed by atoms with Crippen molar-refractivity contribution in [1.82, 2.24) is 14.5 Å². The van der Waals surface area contributed by atoms with Gasteiger partial charge in [0.2, 0.25) is 5.91 Å². The number of amides is 1. The fraction of sp³-hybridized carbons (Fsp3) is 0.263. The molecule has 0 radical (unpaired) electrons. The molecule has 0 saturated carbocycles.